The lowest BCUT2D eigenvalue weighted by atomic mass is 10.2. The second-order valence-corrected chi connectivity index (χ2v) is 6.93. The van der Waals surface area contributed by atoms with E-state index in [0.29, 0.717) is 12.3 Å². The number of nitrogens with zero attached hydrogens (tertiary/aromatic N) is 1. The molecule has 0 bridgehead atoms. The summed E-state index contributed by atoms with van der Waals surface area (Å²) in [6.07, 6.45) is 1.16. The van der Waals surface area contributed by atoms with Crippen LogP contribution in [-0.4, -0.2) is 32.2 Å². The van der Waals surface area contributed by atoms with Crippen molar-refractivity contribution in [2.45, 2.75) is 11.8 Å². The molecule has 1 heterocycles. The lowest BCUT2D eigenvalue weighted by Gasteiger charge is -2.00. The first kappa shape index (κ1) is 14.7. The quantitative estimate of drug-likeness (QED) is 0.811. The fraction of sp³-hybridized carbons (Fsp3) is 0.231. The number of esters is 1. The average molecular weight is 311 g/mol. The molecule has 0 unspecified atom stereocenters. The number of thiazole rings is 1. The molecule has 5 nitrogen and oxygen atoms in total. The highest BCUT2D eigenvalue weighted by Crippen LogP contribution is 2.23. The number of benzene rings is 1. The van der Waals surface area contributed by atoms with Gasteiger partial charge in [0.25, 0.3) is 0 Å². The number of hydrogen-bond acceptors (Lipinski definition) is 6. The minimum atomic E-state index is -3.21. The molecule has 0 spiro atoms. The van der Waals surface area contributed by atoms with Gasteiger partial charge in [-0.25, -0.2) is 18.2 Å². The summed E-state index contributed by atoms with van der Waals surface area (Å²) in [6.45, 7) is 2.03. The largest absolute Gasteiger partial charge is 0.461 e. The average Bonchev–Trinajstić information content (AvgIpc) is 2.88. The Morgan fingerprint density at radius 1 is 1.30 bits per heavy atom. The first-order valence-corrected chi connectivity index (χ1v) is 8.62. The fourth-order valence-electron chi connectivity index (χ4n) is 1.57. The molecule has 1 aromatic carbocycles. The van der Waals surface area contributed by atoms with E-state index in [2.05, 4.69) is 4.98 Å². The van der Waals surface area contributed by atoms with Crippen LogP contribution < -0.4 is 0 Å². The zero-order chi connectivity index (χ0) is 14.8. The van der Waals surface area contributed by atoms with Crippen LogP contribution in [-0.2, 0) is 14.6 Å². The Morgan fingerprint density at radius 3 is 2.50 bits per heavy atom. The van der Waals surface area contributed by atoms with Crippen molar-refractivity contribution in [3.63, 3.8) is 0 Å². The van der Waals surface area contributed by atoms with Crippen LogP contribution in [0.2, 0.25) is 0 Å². The number of rotatable bonds is 4. The molecule has 1 aromatic heterocycles. The summed E-state index contributed by atoms with van der Waals surface area (Å²) in [6, 6.07) is 6.38. The fourth-order valence-corrected chi connectivity index (χ4v) is 2.91. The Bertz CT molecular complexity index is 717. The summed E-state index contributed by atoms with van der Waals surface area (Å²) in [5, 5.41) is 2.02. The molecule has 2 rings (SSSR count). The maximum absolute atomic E-state index is 11.5. The minimum Gasteiger partial charge on any atom is -0.461 e. The van der Waals surface area contributed by atoms with E-state index in [0.717, 1.165) is 11.8 Å². The molecule has 0 aliphatic heterocycles. The zero-order valence-electron chi connectivity index (χ0n) is 11.0. The van der Waals surface area contributed by atoms with Crippen LogP contribution in [0.25, 0.3) is 11.3 Å². The lowest BCUT2D eigenvalue weighted by Crippen LogP contribution is -2.03. The van der Waals surface area contributed by atoms with Crippen LogP contribution >= 0.6 is 11.3 Å². The van der Waals surface area contributed by atoms with Crippen molar-refractivity contribution in [1.29, 1.82) is 0 Å². The van der Waals surface area contributed by atoms with E-state index in [1.165, 1.54) is 23.5 Å². The van der Waals surface area contributed by atoms with Crippen molar-refractivity contribution in [2.24, 2.45) is 0 Å². The Balaban J connectivity index is 2.27. The van der Waals surface area contributed by atoms with E-state index < -0.39 is 15.8 Å². The van der Waals surface area contributed by atoms with E-state index >= 15 is 0 Å². The van der Waals surface area contributed by atoms with E-state index in [-0.39, 0.29) is 9.90 Å². The Labute approximate surface area is 121 Å². The predicted molar refractivity (Wildman–Crippen MR) is 76.6 cm³/mol. The summed E-state index contributed by atoms with van der Waals surface area (Å²) < 4.78 is 27.6. The van der Waals surface area contributed by atoms with Crippen molar-refractivity contribution in [3.8, 4) is 11.3 Å². The maximum atomic E-state index is 11.5. The molecule has 7 heteroatoms. The molecule has 0 saturated heterocycles. The van der Waals surface area contributed by atoms with E-state index in [1.54, 1.807) is 24.4 Å². The number of carbonyl (C=O) groups excluding carboxylic acids is 1. The summed E-state index contributed by atoms with van der Waals surface area (Å²) >= 11 is 1.20. The molecule has 106 valence electrons. The first-order chi connectivity index (χ1) is 9.41. The van der Waals surface area contributed by atoms with Crippen LogP contribution in [0.1, 0.15) is 16.7 Å². The highest BCUT2D eigenvalue weighted by atomic mass is 32.2. The molecular weight excluding hydrogens is 298 g/mol. The Kier molecular flexibility index (Phi) is 4.20. The minimum absolute atomic E-state index is 0.252. The van der Waals surface area contributed by atoms with Crippen molar-refractivity contribution in [1.82, 2.24) is 4.98 Å². The van der Waals surface area contributed by atoms with Gasteiger partial charge in [0, 0.05) is 17.2 Å². The molecule has 0 atom stereocenters. The summed E-state index contributed by atoms with van der Waals surface area (Å²) in [5.41, 5.74) is 1.38. The van der Waals surface area contributed by atoms with Gasteiger partial charge >= 0.3 is 5.97 Å². The van der Waals surface area contributed by atoms with Crippen molar-refractivity contribution in [2.75, 3.05) is 12.9 Å². The highest BCUT2D eigenvalue weighted by Gasteiger charge is 2.13. The van der Waals surface area contributed by atoms with Gasteiger partial charge in [-0.05, 0) is 19.1 Å². The predicted octanol–water partition coefficient (Wildman–Crippen LogP) is 2.39. The number of aromatic nitrogens is 1. The second-order valence-electron chi connectivity index (χ2n) is 4.05. The van der Waals surface area contributed by atoms with Crippen molar-refractivity contribution in [3.05, 3.63) is 34.7 Å². The Morgan fingerprint density at radius 2 is 1.95 bits per heavy atom. The second kappa shape index (κ2) is 5.72. The Hall–Kier alpha value is -1.73. The van der Waals surface area contributed by atoms with Crippen molar-refractivity contribution < 1.29 is 17.9 Å². The number of hydrogen-bond donors (Lipinski definition) is 0. The molecule has 0 radical (unpaired) electrons. The monoisotopic (exact) mass is 311 g/mol. The SMILES string of the molecule is CCOC(=O)c1nc(-c2ccc(S(C)(=O)=O)cc2)cs1. The first-order valence-electron chi connectivity index (χ1n) is 5.85. The van der Waals surface area contributed by atoms with Crippen LogP contribution in [0.5, 0.6) is 0 Å². The molecule has 20 heavy (non-hydrogen) atoms. The molecular formula is C13H13NO4S2. The standard InChI is InChI=1S/C13H13NO4S2/c1-3-18-13(15)12-14-11(8-19-12)9-4-6-10(7-5-9)20(2,16)17/h4-8H,3H2,1-2H3. The zero-order valence-corrected chi connectivity index (χ0v) is 12.6. The molecule has 0 fully saturated rings. The van der Waals surface area contributed by atoms with Crippen LogP contribution in [0.4, 0.5) is 0 Å². The normalized spacial score (nSPS) is 11.3. The third kappa shape index (κ3) is 3.23. The molecule has 0 aliphatic carbocycles. The van der Waals surface area contributed by atoms with E-state index in [4.69, 9.17) is 4.74 Å². The van der Waals surface area contributed by atoms with Gasteiger partial charge < -0.3 is 4.74 Å². The van der Waals surface area contributed by atoms with Gasteiger partial charge in [-0.2, -0.15) is 0 Å². The third-order valence-electron chi connectivity index (χ3n) is 2.53. The summed E-state index contributed by atoms with van der Waals surface area (Å²) in [7, 11) is -3.21. The maximum Gasteiger partial charge on any atom is 0.367 e. The van der Waals surface area contributed by atoms with Crippen LogP contribution in [0.3, 0.4) is 0 Å². The van der Waals surface area contributed by atoms with Gasteiger partial charge in [-0.1, -0.05) is 12.1 Å². The highest BCUT2D eigenvalue weighted by molar-refractivity contribution is 7.90. The molecule has 2 aromatic rings. The molecule has 0 N–H and O–H groups in total. The van der Waals surface area contributed by atoms with Crippen LogP contribution in [0, 0.1) is 0 Å². The van der Waals surface area contributed by atoms with E-state index in [9.17, 15) is 13.2 Å². The van der Waals surface area contributed by atoms with Crippen molar-refractivity contribution >= 4 is 27.1 Å². The topological polar surface area (TPSA) is 73.3 Å². The number of carbonyl (C=O) groups is 1. The van der Waals surface area contributed by atoms with Gasteiger partial charge in [-0.15, -0.1) is 11.3 Å². The van der Waals surface area contributed by atoms with E-state index in [1.807, 2.05) is 0 Å². The summed E-state index contributed by atoms with van der Waals surface area (Å²) in [4.78, 5) is 16.0. The molecule has 0 amide bonds. The van der Waals surface area contributed by atoms with Gasteiger partial charge in [-0.3, -0.25) is 0 Å². The summed E-state index contributed by atoms with van der Waals surface area (Å²) in [5.74, 6) is -0.448. The lowest BCUT2D eigenvalue weighted by molar-refractivity contribution is 0.0526. The van der Waals surface area contributed by atoms with Gasteiger partial charge in [0.05, 0.1) is 17.2 Å². The van der Waals surface area contributed by atoms with Crippen LogP contribution in [0.15, 0.2) is 34.5 Å². The van der Waals surface area contributed by atoms with Gasteiger partial charge in [0.15, 0.2) is 9.84 Å². The van der Waals surface area contributed by atoms with Gasteiger partial charge in [0.2, 0.25) is 5.01 Å². The third-order valence-corrected chi connectivity index (χ3v) is 4.48. The number of ether oxygens (including phenoxy) is 1. The number of sulfone groups is 1. The molecule has 0 saturated carbocycles. The smallest absolute Gasteiger partial charge is 0.367 e. The van der Waals surface area contributed by atoms with Gasteiger partial charge in [0.1, 0.15) is 0 Å². The molecule has 0 aliphatic rings.